The number of ether oxygens (including phenoxy) is 1. The van der Waals surface area contributed by atoms with E-state index < -0.39 is 11.7 Å². The third-order valence-corrected chi connectivity index (χ3v) is 7.16. The van der Waals surface area contributed by atoms with Crippen LogP contribution in [0.25, 0.3) is 0 Å². The Labute approximate surface area is 205 Å². The van der Waals surface area contributed by atoms with Gasteiger partial charge in [0.25, 0.3) is 0 Å². The number of anilines is 2. The highest BCUT2D eigenvalue weighted by Crippen LogP contribution is 2.38. The molecule has 1 aliphatic carbocycles. The average molecular weight is 490 g/mol. The smallest absolute Gasteiger partial charge is 0.418 e. The van der Waals surface area contributed by atoms with Gasteiger partial charge in [-0.05, 0) is 37.1 Å². The molecule has 0 radical (unpaired) electrons. The predicted molar refractivity (Wildman–Crippen MR) is 132 cm³/mol. The summed E-state index contributed by atoms with van der Waals surface area (Å²) in [7, 11) is 1.66. The summed E-state index contributed by atoms with van der Waals surface area (Å²) in [6.07, 6.45) is -0.0181. The monoisotopic (exact) mass is 489 g/mol. The number of hydrogen-bond donors (Lipinski definition) is 0. The average Bonchev–Trinajstić information content (AvgIpc) is 2.89. The minimum atomic E-state index is -4.51. The van der Waals surface area contributed by atoms with Gasteiger partial charge in [0.15, 0.2) is 0 Å². The van der Waals surface area contributed by atoms with E-state index in [-0.39, 0.29) is 24.1 Å². The molecule has 0 N–H and O–H groups in total. The lowest BCUT2D eigenvalue weighted by molar-refractivity contribution is -0.137. The van der Waals surface area contributed by atoms with Gasteiger partial charge in [-0.2, -0.15) is 13.2 Å². The van der Waals surface area contributed by atoms with E-state index >= 15 is 0 Å². The number of benzene rings is 2. The highest BCUT2D eigenvalue weighted by Gasteiger charge is 2.37. The Morgan fingerprint density at radius 1 is 0.971 bits per heavy atom. The Hall–Kier alpha value is -2.74. The molecule has 1 saturated heterocycles. The topological polar surface area (TPSA) is 36.0 Å². The quantitative estimate of drug-likeness (QED) is 0.518. The van der Waals surface area contributed by atoms with E-state index in [4.69, 9.17) is 4.74 Å². The summed E-state index contributed by atoms with van der Waals surface area (Å²) in [5.74, 6) is 0.454. The van der Waals surface area contributed by atoms with Gasteiger partial charge < -0.3 is 14.5 Å². The largest absolute Gasteiger partial charge is 0.495 e. The molecule has 1 amide bonds. The zero-order valence-electron chi connectivity index (χ0n) is 20.3. The summed E-state index contributed by atoms with van der Waals surface area (Å²) in [5.41, 5.74) is 0.274. The molecule has 8 heteroatoms. The molecule has 1 heterocycles. The summed E-state index contributed by atoms with van der Waals surface area (Å²) in [6, 6.07) is 13.4. The van der Waals surface area contributed by atoms with Gasteiger partial charge in [0.1, 0.15) is 5.75 Å². The summed E-state index contributed by atoms with van der Waals surface area (Å²) in [6.45, 7) is 3.89. The van der Waals surface area contributed by atoms with Gasteiger partial charge >= 0.3 is 6.18 Å². The Morgan fingerprint density at radius 2 is 1.63 bits per heavy atom. The molecule has 0 spiro atoms. The fraction of sp³-hybridized carbons (Fsp3) is 0.519. The lowest BCUT2D eigenvalue weighted by Crippen LogP contribution is -2.50. The van der Waals surface area contributed by atoms with Crippen LogP contribution in [-0.2, 0) is 11.0 Å². The van der Waals surface area contributed by atoms with E-state index in [1.54, 1.807) is 13.2 Å². The van der Waals surface area contributed by atoms with Crippen molar-refractivity contribution < 1.29 is 22.7 Å². The van der Waals surface area contributed by atoms with Crippen LogP contribution in [0.4, 0.5) is 24.5 Å². The molecule has 4 rings (SSSR count). The van der Waals surface area contributed by atoms with Crippen molar-refractivity contribution in [2.75, 3.05) is 56.2 Å². The molecule has 0 atom stereocenters. The van der Waals surface area contributed by atoms with Crippen molar-refractivity contribution in [1.29, 1.82) is 0 Å². The molecule has 1 aliphatic heterocycles. The zero-order chi connectivity index (χ0) is 24.8. The first kappa shape index (κ1) is 25.4. The summed E-state index contributed by atoms with van der Waals surface area (Å²) in [4.78, 5) is 19.4. The first-order chi connectivity index (χ1) is 16.9. The number of piperazine rings is 1. The van der Waals surface area contributed by atoms with Crippen molar-refractivity contribution in [1.82, 2.24) is 4.90 Å². The van der Waals surface area contributed by atoms with Crippen LogP contribution >= 0.6 is 0 Å². The van der Waals surface area contributed by atoms with Crippen LogP contribution in [0.2, 0.25) is 0 Å². The molecule has 2 aliphatic rings. The first-order valence-corrected chi connectivity index (χ1v) is 12.5. The van der Waals surface area contributed by atoms with E-state index in [2.05, 4.69) is 9.80 Å². The third-order valence-electron chi connectivity index (χ3n) is 7.16. The van der Waals surface area contributed by atoms with Crippen molar-refractivity contribution in [2.45, 2.75) is 38.3 Å². The van der Waals surface area contributed by atoms with Crippen LogP contribution in [0, 0.1) is 5.92 Å². The van der Waals surface area contributed by atoms with Crippen molar-refractivity contribution in [2.24, 2.45) is 5.92 Å². The first-order valence-electron chi connectivity index (χ1n) is 12.5. The number of nitrogens with zero attached hydrogens (tertiary/aromatic N) is 3. The number of amides is 1. The minimum absolute atomic E-state index is 0.0248. The summed E-state index contributed by atoms with van der Waals surface area (Å²) >= 11 is 0. The number of rotatable bonds is 7. The van der Waals surface area contributed by atoms with E-state index in [1.807, 2.05) is 24.3 Å². The van der Waals surface area contributed by atoms with Crippen LogP contribution < -0.4 is 14.5 Å². The van der Waals surface area contributed by atoms with Crippen LogP contribution in [0.15, 0.2) is 48.5 Å². The molecule has 35 heavy (non-hydrogen) atoms. The van der Waals surface area contributed by atoms with Crippen molar-refractivity contribution >= 4 is 17.3 Å². The molecule has 2 aromatic rings. The number of carbonyl (C=O) groups is 1. The molecule has 1 saturated carbocycles. The standard InChI is InChI=1S/C27H34F3N3O2/c1-35-25-14-8-7-13-24(25)32-18-15-31(16-19-32)17-20-33(26(34)21-9-3-2-4-10-21)23-12-6-5-11-22(23)27(28,29)30/h5-8,11-14,21H,2-4,9-10,15-20H2,1H3. The maximum Gasteiger partial charge on any atom is 0.418 e. The SMILES string of the molecule is COc1ccccc1N1CCN(CCN(C(=O)C2CCCCC2)c2ccccc2C(F)(F)F)CC1. The van der Waals surface area contributed by atoms with Crippen molar-refractivity contribution in [3.8, 4) is 5.75 Å². The normalized spacial score (nSPS) is 17.9. The molecule has 5 nitrogen and oxygen atoms in total. The van der Waals surface area contributed by atoms with E-state index in [0.29, 0.717) is 6.54 Å². The summed E-state index contributed by atoms with van der Waals surface area (Å²) < 4.78 is 46.9. The van der Waals surface area contributed by atoms with E-state index in [1.165, 1.54) is 17.0 Å². The zero-order valence-corrected chi connectivity index (χ0v) is 20.3. The van der Waals surface area contributed by atoms with E-state index in [0.717, 1.165) is 75.8 Å². The van der Waals surface area contributed by atoms with Crippen molar-refractivity contribution in [3.63, 3.8) is 0 Å². The number of para-hydroxylation sites is 3. The molecule has 2 aromatic carbocycles. The number of hydrogen-bond acceptors (Lipinski definition) is 4. The summed E-state index contributed by atoms with van der Waals surface area (Å²) in [5, 5.41) is 0. The van der Waals surface area contributed by atoms with Gasteiger partial charge in [0.05, 0.1) is 24.0 Å². The van der Waals surface area contributed by atoms with Crippen LogP contribution in [-0.4, -0.2) is 57.2 Å². The molecule has 0 aromatic heterocycles. The van der Waals surface area contributed by atoms with Gasteiger partial charge in [0, 0.05) is 45.2 Å². The molecular weight excluding hydrogens is 455 g/mol. The Kier molecular flexibility index (Phi) is 8.21. The predicted octanol–water partition coefficient (Wildman–Crippen LogP) is 5.45. The number of carbonyl (C=O) groups excluding carboxylic acids is 1. The Bertz CT molecular complexity index is 984. The van der Waals surface area contributed by atoms with Crippen LogP contribution in [0.5, 0.6) is 5.75 Å². The number of alkyl halides is 3. The number of methoxy groups -OCH3 is 1. The van der Waals surface area contributed by atoms with Gasteiger partial charge in [-0.3, -0.25) is 9.69 Å². The molecule has 190 valence electrons. The van der Waals surface area contributed by atoms with E-state index in [9.17, 15) is 18.0 Å². The minimum Gasteiger partial charge on any atom is -0.495 e. The fourth-order valence-corrected chi connectivity index (χ4v) is 5.21. The number of halogens is 3. The molecule has 0 unspecified atom stereocenters. The second-order valence-electron chi connectivity index (χ2n) is 9.34. The lowest BCUT2D eigenvalue weighted by atomic mass is 9.88. The molecule has 2 fully saturated rings. The van der Waals surface area contributed by atoms with Gasteiger partial charge in [-0.15, -0.1) is 0 Å². The van der Waals surface area contributed by atoms with Crippen molar-refractivity contribution in [3.05, 3.63) is 54.1 Å². The lowest BCUT2D eigenvalue weighted by Gasteiger charge is -2.38. The van der Waals surface area contributed by atoms with Gasteiger partial charge in [0.2, 0.25) is 5.91 Å². The maximum atomic E-state index is 13.8. The molecular formula is C27H34F3N3O2. The highest BCUT2D eigenvalue weighted by atomic mass is 19.4. The Morgan fingerprint density at radius 3 is 2.31 bits per heavy atom. The van der Waals surface area contributed by atoms with Crippen LogP contribution in [0.3, 0.4) is 0 Å². The fourth-order valence-electron chi connectivity index (χ4n) is 5.21. The highest BCUT2D eigenvalue weighted by molar-refractivity contribution is 5.96. The molecule has 0 bridgehead atoms. The second kappa shape index (κ2) is 11.3. The Balaban J connectivity index is 1.46. The maximum absolute atomic E-state index is 13.8. The van der Waals surface area contributed by atoms with Crippen LogP contribution in [0.1, 0.15) is 37.7 Å². The van der Waals surface area contributed by atoms with Gasteiger partial charge in [-0.25, -0.2) is 0 Å². The third kappa shape index (κ3) is 6.10. The van der Waals surface area contributed by atoms with Gasteiger partial charge in [-0.1, -0.05) is 43.5 Å². The second-order valence-corrected chi connectivity index (χ2v) is 9.34.